The molecule has 1 aromatic heterocycles. The maximum Gasteiger partial charge on any atom is 0.164 e. The second-order valence-electron chi connectivity index (χ2n) is 18.3. The Hall–Kier alpha value is -4.92. The van der Waals surface area contributed by atoms with Crippen LogP contribution >= 0.6 is 0 Å². The lowest BCUT2D eigenvalue weighted by Crippen LogP contribution is -2.52. The first-order valence-electron chi connectivity index (χ1n) is 19.2. The van der Waals surface area contributed by atoms with Crippen molar-refractivity contribution in [3.63, 3.8) is 0 Å². The van der Waals surface area contributed by atoms with Crippen molar-refractivity contribution < 1.29 is 0 Å². The van der Waals surface area contributed by atoms with Gasteiger partial charge in [-0.05, 0) is 177 Å². The van der Waals surface area contributed by atoms with Crippen LogP contribution in [0.1, 0.15) is 104 Å². The van der Waals surface area contributed by atoms with E-state index in [2.05, 4.69) is 191 Å². The first-order valence-corrected chi connectivity index (χ1v) is 19.2. The van der Waals surface area contributed by atoms with Crippen LogP contribution in [0.3, 0.4) is 0 Å². The molecule has 9 nitrogen and oxygen atoms in total. The highest BCUT2D eigenvalue weighted by molar-refractivity contribution is 6.02. The number of amidine groups is 3. The fraction of sp³-hybridized carbons (Fsp3) is 0.467. The molecule has 3 aromatic carbocycles. The number of hydrogen-bond donors (Lipinski definition) is 0. The van der Waals surface area contributed by atoms with Gasteiger partial charge in [-0.25, -0.2) is 15.0 Å². The van der Waals surface area contributed by atoms with E-state index >= 15 is 0 Å². The van der Waals surface area contributed by atoms with Crippen molar-refractivity contribution in [2.45, 2.75) is 137 Å². The first kappa shape index (κ1) is 37.4. The smallest absolute Gasteiger partial charge is 0.164 e. The first-order chi connectivity index (χ1) is 25.0. The third-order valence-corrected chi connectivity index (χ3v) is 13.2. The van der Waals surface area contributed by atoms with Crippen molar-refractivity contribution in [3.8, 4) is 34.2 Å². The van der Waals surface area contributed by atoms with Gasteiger partial charge in [-0.3, -0.25) is 15.0 Å². The molecule has 9 heteroatoms. The summed E-state index contributed by atoms with van der Waals surface area (Å²) in [7, 11) is 0. The molecule has 3 aliphatic rings. The molecule has 0 radical (unpaired) electrons. The fourth-order valence-corrected chi connectivity index (χ4v) is 8.38. The molecular weight excluding hydrogens is 667 g/mol. The Morgan fingerprint density at radius 3 is 0.704 bits per heavy atom. The normalized spacial score (nSPS) is 21.6. The van der Waals surface area contributed by atoms with Crippen LogP contribution in [-0.4, -0.2) is 65.7 Å². The van der Waals surface area contributed by atoms with Crippen LogP contribution in [0.4, 0.5) is 17.1 Å². The number of nitrogens with zero attached hydrogens (tertiary/aromatic N) is 9. The van der Waals surface area contributed by atoms with Gasteiger partial charge in [0.1, 0.15) is 17.5 Å². The van der Waals surface area contributed by atoms with Crippen molar-refractivity contribution in [1.82, 2.24) is 15.0 Å². The van der Waals surface area contributed by atoms with Gasteiger partial charge < -0.3 is 14.7 Å². The summed E-state index contributed by atoms with van der Waals surface area (Å²) in [6, 6.07) is 25.5. The highest BCUT2D eigenvalue weighted by Gasteiger charge is 2.50. The van der Waals surface area contributed by atoms with Crippen LogP contribution in [0.5, 0.6) is 0 Å². The van der Waals surface area contributed by atoms with Crippen LogP contribution in [0.2, 0.25) is 0 Å². The SMILES string of the molecule is CC1=NC(C)(C)C(C)(C)N1c1ccc(-c2nc(-c3ccc(N4C(C)=NC(C)(C)C4(C)C)cc3)nc(-c3ccc(N4C(C)=NC(C)(C)C4(C)C)cc3)n2)cc1. The van der Waals surface area contributed by atoms with Gasteiger partial charge in [0.2, 0.25) is 0 Å². The summed E-state index contributed by atoms with van der Waals surface area (Å²) in [6.07, 6.45) is 0. The van der Waals surface area contributed by atoms with E-state index in [4.69, 9.17) is 29.9 Å². The maximum absolute atomic E-state index is 5.09. The van der Waals surface area contributed by atoms with E-state index in [0.717, 1.165) is 51.3 Å². The number of benzene rings is 3. The van der Waals surface area contributed by atoms with E-state index in [-0.39, 0.29) is 33.2 Å². The molecule has 0 saturated carbocycles. The van der Waals surface area contributed by atoms with Crippen molar-refractivity contribution in [2.24, 2.45) is 15.0 Å². The van der Waals surface area contributed by atoms with Crippen molar-refractivity contribution in [1.29, 1.82) is 0 Å². The third-order valence-electron chi connectivity index (χ3n) is 13.2. The topological polar surface area (TPSA) is 85.5 Å². The zero-order valence-electron chi connectivity index (χ0n) is 35.0. The Bertz CT molecular complexity index is 1940. The average molecular weight is 724 g/mol. The number of aliphatic imine (C=N–C) groups is 3. The predicted octanol–water partition coefficient (Wildman–Crippen LogP) is 10.3. The van der Waals surface area contributed by atoms with E-state index < -0.39 is 0 Å². The van der Waals surface area contributed by atoms with Gasteiger partial charge in [0.25, 0.3) is 0 Å². The molecule has 0 fully saturated rings. The standard InChI is InChI=1S/C45H57N9/c1-28-49-40(4,5)43(10,11)52(28)34-22-16-31(17-23-34)37-46-38(32-18-24-35(25-19-32)53-29(2)50-41(6,7)44(53,12)13)48-39(47-37)33-20-26-36(27-21-33)54-30(3)51-42(8,9)45(54,14)15/h16-27H,1-15H3. The molecule has 0 spiro atoms. The highest BCUT2D eigenvalue weighted by Crippen LogP contribution is 2.44. The fourth-order valence-electron chi connectivity index (χ4n) is 8.38. The summed E-state index contributed by atoms with van der Waals surface area (Å²) < 4.78 is 0. The Labute approximate surface area is 322 Å². The lowest BCUT2D eigenvalue weighted by atomic mass is 9.83. The average Bonchev–Trinajstić information content (AvgIpc) is 3.44. The minimum absolute atomic E-state index is 0.181. The highest BCUT2D eigenvalue weighted by atomic mass is 15.3. The van der Waals surface area contributed by atoms with Gasteiger partial charge in [-0.2, -0.15) is 0 Å². The zero-order valence-corrected chi connectivity index (χ0v) is 35.0. The molecule has 0 amide bonds. The summed E-state index contributed by atoms with van der Waals surface area (Å²) in [6.45, 7) is 32.9. The van der Waals surface area contributed by atoms with Gasteiger partial charge in [0.15, 0.2) is 17.5 Å². The molecule has 0 atom stereocenters. The van der Waals surface area contributed by atoms with Gasteiger partial charge in [-0.1, -0.05) is 0 Å². The molecule has 0 saturated heterocycles. The molecule has 282 valence electrons. The monoisotopic (exact) mass is 723 g/mol. The molecular formula is C45H57N9. The molecule has 3 aliphatic heterocycles. The van der Waals surface area contributed by atoms with E-state index in [9.17, 15) is 0 Å². The number of aromatic nitrogens is 3. The molecule has 4 heterocycles. The van der Waals surface area contributed by atoms with Crippen molar-refractivity contribution in [2.75, 3.05) is 14.7 Å². The minimum atomic E-state index is -0.211. The Morgan fingerprint density at radius 1 is 0.333 bits per heavy atom. The third kappa shape index (κ3) is 5.64. The molecule has 0 unspecified atom stereocenters. The molecule has 0 aliphatic carbocycles. The summed E-state index contributed by atoms with van der Waals surface area (Å²) in [5, 5.41) is 0. The molecule has 0 bridgehead atoms. The molecule has 4 aromatic rings. The summed E-state index contributed by atoms with van der Waals surface area (Å²) in [5.41, 5.74) is 4.86. The van der Waals surface area contributed by atoms with Crippen molar-refractivity contribution in [3.05, 3.63) is 72.8 Å². The Morgan fingerprint density at radius 2 is 0.537 bits per heavy atom. The molecule has 7 rings (SSSR count). The largest absolute Gasteiger partial charge is 0.322 e. The van der Waals surface area contributed by atoms with E-state index in [1.165, 1.54) is 0 Å². The second-order valence-corrected chi connectivity index (χ2v) is 18.3. The van der Waals surface area contributed by atoms with E-state index in [1.807, 2.05) is 0 Å². The van der Waals surface area contributed by atoms with Crippen LogP contribution in [0.15, 0.2) is 87.8 Å². The van der Waals surface area contributed by atoms with Crippen LogP contribution < -0.4 is 14.7 Å². The molecule has 0 N–H and O–H groups in total. The van der Waals surface area contributed by atoms with Gasteiger partial charge in [-0.15, -0.1) is 0 Å². The van der Waals surface area contributed by atoms with Gasteiger partial charge in [0, 0.05) is 33.8 Å². The maximum atomic E-state index is 5.09. The van der Waals surface area contributed by atoms with E-state index in [1.54, 1.807) is 0 Å². The van der Waals surface area contributed by atoms with Crippen LogP contribution in [0.25, 0.3) is 34.2 Å². The van der Waals surface area contributed by atoms with Crippen molar-refractivity contribution >= 4 is 34.6 Å². The van der Waals surface area contributed by atoms with Crippen LogP contribution in [0, 0.1) is 0 Å². The van der Waals surface area contributed by atoms with Gasteiger partial charge >= 0.3 is 0 Å². The number of hydrogen-bond acceptors (Lipinski definition) is 9. The Balaban J connectivity index is 1.28. The predicted molar refractivity (Wildman–Crippen MR) is 227 cm³/mol. The number of rotatable bonds is 6. The number of anilines is 3. The van der Waals surface area contributed by atoms with E-state index in [0.29, 0.717) is 17.5 Å². The lowest BCUT2D eigenvalue weighted by molar-refractivity contribution is 0.338. The summed E-state index contributed by atoms with van der Waals surface area (Å²) in [4.78, 5) is 37.2. The van der Waals surface area contributed by atoms with Crippen LogP contribution in [-0.2, 0) is 0 Å². The van der Waals surface area contributed by atoms with Gasteiger partial charge in [0.05, 0.1) is 33.2 Å². The zero-order chi connectivity index (χ0) is 39.4. The quantitative estimate of drug-likeness (QED) is 0.197. The molecule has 54 heavy (non-hydrogen) atoms. The summed E-state index contributed by atoms with van der Waals surface area (Å²) in [5.74, 6) is 4.91. The minimum Gasteiger partial charge on any atom is -0.322 e. The second kappa shape index (κ2) is 12.0. The lowest BCUT2D eigenvalue weighted by Gasteiger charge is -2.41. The Kier molecular flexibility index (Phi) is 8.34. The summed E-state index contributed by atoms with van der Waals surface area (Å²) >= 11 is 0.